The van der Waals surface area contributed by atoms with Crippen molar-refractivity contribution >= 4 is 11.6 Å². The lowest BCUT2D eigenvalue weighted by molar-refractivity contribution is 0.202. The number of fused-ring (bicyclic) bond motifs is 1. The standard InChI is InChI=1S/C13H15ClN4O/c14-10-1-2-13-9(5-10)6-12(19-13)8-18-7-11(3-4-15)16-17-18/h1-2,5,7,12H,3-4,6,8,15H2. The van der Waals surface area contributed by atoms with Crippen LogP contribution in [0.3, 0.4) is 0 Å². The molecule has 0 saturated carbocycles. The van der Waals surface area contributed by atoms with Gasteiger partial charge in [-0.3, -0.25) is 0 Å². The normalized spacial score (nSPS) is 17.3. The van der Waals surface area contributed by atoms with Crippen LogP contribution in [0, 0.1) is 0 Å². The maximum atomic E-state index is 5.97. The van der Waals surface area contributed by atoms with Gasteiger partial charge in [0, 0.05) is 24.1 Å². The predicted molar refractivity (Wildman–Crippen MR) is 72.4 cm³/mol. The minimum Gasteiger partial charge on any atom is -0.488 e. The molecule has 6 heteroatoms. The summed E-state index contributed by atoms with van der Waals surface area (Å²) in [6, 6.07) is 5.72. The molecule has 2 aromatic rings. The molecule has 0 aliphatic carbocycles. The fourth-order valence-electron chi connectivity index (χ4n) is 2.29. The highest BCUT2D eigenvalue weighted by Crippen LogP contribution is 2.31. The van der Waals surface area contributed by atoms with Gasteiger partial charge in [0.1, 0.15) is 11.9 Å². The van der Waals surface area contributed by atoms with Crippen molar-refractivity contribution < 1.29 is 4.74 Å². The summed E-state index contributed by atoms with van der Waals surface area (Å²) in [5.41, 5.74) is 7.56. The van der Waals surface area contributed by atoms with E-state index in [9.17, 15) is 0 Å². The Hall–Kier alpha value is -1.59. The molecule has 0 amide bonds. The van der Waals surface area contributed by atoms with Crippen molar-refractivity contribution in [1.29, 1.82) is 0 Å². The van der Waals surface area contributed by atoms with Crippen LogP contribution in [-0.2, 0) is 19.4 Å². The lowest BCUT2D eigenvalue weighted by atomic mass is 10.1. The Morgan fingerprint density at radius 3 is 3.21 bits per heavy atom. The van der Waals surface area contributed by atoms with Gasteiger partial charge in [0.25, 0.3) is 0 Å². The summed E-state index contributed by atoms with van der Waals surface area (Å²) in [7, 11) is 0. The van der Waals surface area contributed by atoms with E-state index >= 15 is 0 Å². The fraction of sp³-hybridized carbons (Fsp3) is 0.385. The molecule has 0 radical (unpaired) electrons. The number of rotatable bonds is 4. The van der Waals surface area contributed by atoms with Crippen LogP contribution in [0.2, 0.25) is 5.02 Å². The Kier molecular flexibility index (Phi) is 3.40. The van der Waals surface area contributed by atoms with Crippen LogP contribution in [0.1, 0.15) is 11.3 Å². The van der Waals surface area contributed by atoms with Gasteiger partial charge >= 0.3 is 0 Å². The Labute approximate surface area is 116 Å². The summed E-state index contributed by atoms with van der Waals surface area (Å²) in [5, 5.41) is 8.90. The van der Waals surface area contributed by atoms with E-state index in [4.69, 9.17) is 22.1 Å². The van der Waals surface area contributed by atoms with Crippen molar-refractivity contribution in [1.82, 2.24) is 15.0 Å². The number of nitrogens with two attached hydrogens (primary N) is 1. The van der Waals surface area contributed by atoms with Crippen molar-refractivity contribution in [2.75, 3.05) is 6.54 Å². The molecule has 0 saturated heterocycles. The van der Waals surface area contributed by atoms with E-state index in [1.807, 2.05) is 29.1 Å². The van der Waals surface area contributed by atoms with Gasteiger partial charge in [-0.05, 0) is 30.3 Å². The molecule has 5 nitrogen and oxygen atoms in total. The van der Waals surface area contributed by atoms with E-state index in [2.05, 4.69) is 10.3 Å². The molecule has 3 rings (SSSR count). The monoisotopic (exact) mass is 278 g/mol. The maximum absolute atomic E-state index is 5.97. The quantitative estimate of drug-likeness (QED) is 0.919. The molecule has 2 N–H and O–H groups in total. The van der Waals surface area contributed by atoms with Crippen LogP contribution in [0.15, 0.2) is 24.4 Å². The van der Waals surface area contributed by atoms with E-state index < -0.39 is 0 Å². The van der Waals surface area contributed by atoms with E-state index in [-0.39, 0.29) is 6.10 Å². The Morgan fingerprint density at radius 2 is 2.37 bits per heavy atom. The van der Waals surface area contributed by atoms with Crippen molar-refractivity contribution in [3.8, 4) is 5.75 Å². The van der Waals surface area contributed by atoms with E-state index in [0.717, 1.165) is 34.9 Å². The average molecular weight is 279 g/mol. The highest BCUT2D eigenvalue weighted by Gasteiger charge is 2.23. The summed E-state index contributed by atoms with van der Waals surface area (Å²) in [4.78, 5) is 0. The molecule has 100 valence electrons. The SMILES string of the molecule is NCCc1cn(CC2Cc3cc(Cl)ccc3O2)nn1. The van der Waals surface area contributed by atoms with Gasteiger partial charge in [-0.1, -0.05) is 16.8 Å². The van der Waals surface area contributed by atoms with Gasteiger partial charge in [-0.25, -0.2) is 4.68 Å². The van der Waals surface area contributed by atoms with Crippen LogP contribution in [0.25, 0.3) is 0 Å². The molecular weight excluding hydrogens is 264 g/mol. The zero-order valence-corrected chi connectivity index (χ0v) is 11.2. The second-order valence-corrected chi connectivity index (χ2v) is 5.10. The first-order chi connectivity index (χ1) is 9.24. The third-order valence-corrected chi connectivity index (χ3v) is 3.38. The Morgan fingerprint density at radius 1 is 1.47 bits per heavy atom. The molecular formula is C13H15ClN4O. The van der Waals surface area contributed by atoms with Crippen LogP contribution in [-0.4, -0.2) is 27.6 Å². The number of halogens is 1. The zero-order valence-electron chi connectivity index (χ0n) is 10.4. The second kappa shape index (κ2) is 5.19. The molecule has 1 aromatic heterocycles. The smallest absolute Gasteiger partial charge is 0.123 e. The third-order valence-electron chi connectivity index (χ3n) is 3.14. The molecule has 0 spiro atoms. The van der Waals surface area contributed by atoms with Gasteiger partial charge < -0.3 is 10.5 Å². The molecule has 1 aliphatic heterocycles. The Balaban J connectivity index is 1.66. The average Bonchev–Trinajstić information content (AvgIpc) is 2.96. The van der Waals surface area contributed by atoms with Crippen molar-refractivity contribution in [2.24, 2.45) is 5.73 Å². The third kappa shape index (κ3) is 2.72. The van der Waals surface area contributed by atoms with Gasteiger partial charge in [0.05, 0.1) is 12.2 Å². The number of nitrogens with zero attached hydrogens (tertiary/aromatic N) is 3. The van der Waals surface area contributed by atoms with Gasteiger partial charge in [0.15, 0.2) is 0 Å². The summed E-state index contributed by atoms with van der Waals surface area (Å²) in [6.07, 6.45) is 3.61. The topological polar surface area (TPSA) is 66.0 Å². The molecule has 2 heterocycles. The predicted octanol–water partition coefficient (Wildman–Crippen LogP) is 1.44. The molecule has 1 aliphatic rings. The first kappa shape index (κ1) is 12.4. The molecule has 0 fully saturated rings. The molecule has 1 unspecified atom stereocenters. The van der Waals surface area contributed by atoms with Crippen molar-refractivity contribution in [3.63, 3.8) is 0 Å². The summed E-state index contributed by atoms with van der Waals surface area (Å²) in [5.74, 6) is 0.914. The number of aromatic nitrogens is 3. The summed E-state index contributed by atoms with van der Waals surface area (Å²) >= 11 is 5.97. The molecule has 1 aromatic carbocycles. The highest BCUT2D eigenvalue weighted by molar-refractivity contribution is 6.30. The molecule has 0 bridgehead atoms. The summed E-state index contributed by atoms with van der Waals surface area (Å²) < 4.78 is 7.67. The molecule has 19 heavy (non-hydrogen) atoms. The lowest BCUT2D eigenvalue weighted by Gasteiger charge is -2.09. The van der Waals surface area contributed by atoms with Crippen LogP contribution >= 0.6 is 11.6 Å². The number of ether oxygens (including phenoxy) is 1. The number of hydrogen-bond donors (Lipinski definition) is 1. The van der Waals surface area contributed by atoms with Crippen molar-refractivity contribution in [3.05, 3.63) is 40.7 Å². The number of benzene rings is 1. The van der Waals surface area contributed by atoms with Gasteiger partial charge in [0.2, 0.25) is 0 Å². The van der Waals surface area contributed by atoms with Crippen LogP contribution in [0.4, 0.5) is 0 Å². The second-order valence-electron chi connectivity index (χ2n) is 4.67. The van der Waals surface area contributed by atoms with Gasteiger partial charge in [-0.15, -0.1) is 5.10 Å². The largest absolute Gasteiger partial charge is 0.488 e. The minimum atomic E-state index is 0.0842. The molecule has 1 atom stereocenters. The maximum Gasteiger partial charge on any atom is 0.123 e. The first-order valence-electron chi connectivity index (χ1n) is 6.29. The fourth-order valence-corrected chi connectivity index (χ4v) is 2.48. The Bertz CT molecular complexity index is 584. The van der Waals surface area contributed by atoms with Crippen molar-refractivity contribution in [2.45, 2.75) is 25.5 Å². The lowest BCUT2D eigenvalue weighted by Crippen LogP contribution is -2.21. The highest BCUT2D eigenvalue weighted by atomic mass is 35.5. The van der Waals surface area contributed by atoms with Gasteiger partial charge in [-0.2, -0.15) is 0 Å². The van der Waals surface area contributed by atoms with E-state index in [1.54, 1.807) is 0 Å². The zero-order chi connectivity index (χ0) is 13.2. The first-order valence-corrected chi connectivity index (χ1v) is 6.66. The van der Waals surface area contributed by atoms with Crippen LogP contribution < -0.4 is 10.5 Å². The minimum absolute atomic E-state index is 0.0842. The van der Waals surface area contributed by atoms with E-state index in [0.29, 0.717) is 13.1 Å². The van der Waals surface area contributed by atoms with Crippen LogP contribution in [0.5, 0.6) is 5.75 Å². The summed E-state index contributed by atoms with van der Waals surface area (Å²) in [6.45, 7) is 1.27. The van der Waals surface area contributed by atoms with E-state index in [1.165, 1.54) is 0 Å². The number of hydrogen-bond acceptors (Lipinski definition) is 4.